The predicted octanol–water partition coefficient (Wildman–Crippen LogP) is 14.8. The average molecular weight is 758 g/mol. The zero-order valence-electron chi connectivity index (χ0n) is 32.8. The molecule has 1 aliphatic carbocycles. The third kappa shape index (κ3) is 5.83. The minimum atomic E-state index is -0.166. The number of fused-ring (bicyclic) bond motifs is 6. The van der Waals surface area contributed by atoms with E-state index in [1.807, 2.05) is 24.3 Å². The van der Waals surface area contributed by atoms with E-state index >= 15 is 0 Å². The summed E-state index contributed by atoms with van der Waals surface area (Å²) < 4.78 is 6.98. The first-order chi connectivity index (χ1) is 29.0. The lowest BCUT2D eigenvalue weighted by Crippen LogP contribution is -2.16. The second-order valence-corrected chi connectivity index (χ2v) is 15.8. The van der Waals surface area contributed by atoms with Crippen LogP contribution >= 0.6 is 0 Å². The average Bonchev–Trinajstić information content (AvgIpc) is 3.80. The van der Waals surface area contributed by atoms with E-state index in [0.29, 0.717) is 5.82 Å². The lowest BCUT2D eigenvalue weighted by molar-refractivity contribution is 0.660. The second kappa shape index (κ2) is 13.8. The van der Waals surface area contributed by atoms with Crippen LogP contribution in [0, 0.1) is 0 Å². The van der Waals surface area contributed by atoms with Crippen molar-refractivity contribution >= 4 is 39.0 Å². The minimum Gasteiger partial charge on any atom is -0.454 e. The van der Waals surface area contributed by atoms with Gasteiger partial charge in [0.2, 0.25) is 0 Å². The van der Waals surface area contributed by atoms with Crippen molar-refractivity contribution in [2.75, 3.05) is 4.90 Å². The Morgan fingerprint density at radius 2 is 0.983 bits per heavy atom. The summed E-state index contributed by atoms with van der Waals surface area (Å²) >= 11 is 0. The summed E-state index contributed by atoms with van der Waals surface area (Å²) in [6.45, 7) is 4.67. The maximum Gasteiger partial charge on any atom is 0.161 e. The highest BCUT2D eigenvalue weighted by Crippen LogP contribution is 2.52. The monoisotopic (exact) mass is 757 g/mol. The topological polar surface area (TPSA) is 42.2 Å². The Kier molecular flexibility index (Phi) is 8.12. The van der Waals surface area contributed by atoms with Crippen molar-refractivity contribution in [3.63, 3.8) is 0 Å². The molecule has 11 rings (SSSR count). The van der Waals surface area contributed by atoms with Gasteiger partial charge in [-0.1, -0.05) is 166 Å². The summed E-state index contributed by atoms with van der Waals surface area (Å²) in [4.78, 5) is 12.9. The molecule has 1 aliphatic rings. The standard InChI is InChI=1S/C55H39N3O/c1-55(2)46-24-14-12-22-42(46)43-31-30-41(34-47(43)55)58(40-28-26-37(27-29-40)36-16-6-3-7-17-36)50-33-32-45(52-44-23-13-15-25-51(44)59-53(50)52)54-56-48(38-18-8-4-9-19-38)35-49(57-54)39-20-10-5-11-21-39/h3-35H,1-2H3. The van der Waals surface area contributed by atoms with Crippen LogP contribution in [-0.4, -0.2) is 9.97 Å². The van der Waals surface area contributed by atoms with Crippen LogP contribution in [0.3, 0.4) is 0 Å². The molecule has 0 saturated carbocycles. The molecule has 0 atom stereocenters. The lowest BCUT2D eigenvalue weighted by atomic mass is 9.82. The first kappa shape index (κ1) is 34.7. The van der Waals surface area contributed by atoms with E-state index in [0.717, 1.165) is 72.6 Å². The smallest absolute Gasteiger partial charge is 0.161 e. The Morgan fingerprint density at radius 1 is 0.441 bits per heavy atom. The van der Waals surface area contributed by atoms with Gasteiger partial charge in [0, 0.05) is 44.3 Å². The molecular formula is C55H39N3O. The molecule has 0 spiro atoms. The maximum absolute atomic E-state index is 6.98. The molecule has 2 heterocycles. The molecule has 280 valence electrons. The van der Waals surface area contributed by atoms with E-state index in [4.69, 9.17) is 14.4 Å². The van der Waals surface area contributed by atoms with E-state index in [1.54, 1.807) is 0 Å². The molecule has 0 amide bonds. The molecule has 0 radical (unpaired) electrons. The second-order valence-electron chi connectivity index (χ2n) is 15.8. The van der Waals surface area contributed by atoms with Crippen LogP contribution in [0.15, 0.2) is 205 Å². The lowest BCUT2D eigenvalue weighted by Gasteiger charge is -2.28. The number of anilines is 3. The van der Waals surface area contributed by atoms with E-state index in [1.165, 1.54) is 27.8 Å². The van der Waals surface area contributed by atoms with Gasteiger partial charge in [-0.3, -0.25) is 0 Å². The van der Waals surface area contributed by atoms with Gasteiger partial charge in [-0.25, -0.2) is 9.97 Å². The number of nitrogens with zero attached hydrogens (tertiary/aromatic N) is 3. The summed E-state index contributed by atoms with van der Waals surface area (Å²) in [6.07, 6.45) is 0. The van der Waals surface area contributed by atoms with Gasteiger partial charge in [-0.05, 0) is 81.9 Å². The number of furan rings is 1. The number of para-hydroxylation sites is 1. The van der Waals surface area contributed by atoms with Gasteiger partial charge in [0.1, 0.15) is 5.58 Å². The summed E-state index contributed by atoms with van der Waals surface area (Å²) in [5, 5.41) is 1.99. The van der Waals surface area contributed by atoms with Crippen molar-refractivity contribution in [3.05, 3.63) is 211 Å². The SMILES string of the molecule is CC1(C)c2ccccc2-c2ccc(N(c3ccc(-c4ccccc4)cc3)c3ccc(-c4nc(-c5ccccc5)cc(-c5ccccc5)n4)c4c3oc3ccccc34)cc21. The maximum atomic E-state index is 6.98. The predicted molar refractivity (Wildman–Crippen MR) is 243 cm³/mol. The number of benzene rings is 8. The van der Waals surface area contributed by atoms with Gasteiger partial charge in [-0.2, -0.15) is 0 Å². The summed E-state index contributed by atoms with van der Waals surface area (Å²) in [5.74, 6) is 0.643. The first-order valence-corrected chi connectivity index (χ1v) is 20.2. The molecule has 4 nitrogen and oxygen atoms in total. The number of hydrogen-bond donors (Lipinski definition) is 0. The summed E-state index contributed by atoms with van der Waals surface area (Å²) in [7, 11) is 0. The molecule has 59 heavy (non-hydrogen) atoms. The van der Waals surface area contributed by atoms with Gasteiger partial charge in [0.15, 0.2) is 11.4 Å². The van der Waals surface area contributed by atoms with E-state index in [9.17, 15) is 0 Å². The van der Waals surface area contributed by atoms with Crippen LogP contribution in [0.4, 0.5) is 17.1 Å². The van der Waals surface area contributed by atoms with E-state index in [2.05, 4.69) is 195 Å². The Labute approximate surface area is 343 Å². The molecule has 2 aromatic heterocycles. The Hall–Kier alpha value is -7.56. The fourth-order valence-electron chi connectivity index (χ4n) is 8.95. The Morgan fingerprint density at radius 3 is 1.68 bits per heavy atom. The molecule has 10 aromatic rings. The van der Waals surface area contributed by atoms with Crippen molar-refractivity contribution in [2.24, 2.45) is 0 Å². The van der Waals surface area contributed by atoms with Crippen molar-refractivity contribution in [1.29, 1.82) is 0 Å². The fourth-order valence-corrected chi connectivity index (χ4v) is 8.95. The van der Waals surface area contributed by atoms with Crippen molar-refractivity contribution in [3.8, 4) is 56.2 Å². The van der Waals surface area contributed by atoms with Crippen LogP contribution in [-0.2, 0) is 5.41 Å². The summed E-state index contributed by atoms with van der Waals surface area (Å²) in [5.41, 5.74) is 16.7. The Bertz CT molecular complexity index is 3110. The Balaban J connectivity index is 1.15. The van der Waals surface area contributed by atoms with Gasteiger partial charge in [-0.15, -0.1) is 0 Å². The normalized spacial score (nSPS) is 12.7. The number of aromatic nitrogens is 2. The molecular weight excluding hydrogens is 719 g/mol. The van der Waals surface area contributed by atoms with Gasteiger partial charge >= 0.3 is 0 Å². The van der Waals surface area contributed by atoms with E-state index in [-0.39, 0.29) is 5.41 Å². The molecule has 4 heteroatoms. The third-order valence-corrected chi connectivity index (χ3v) is 11.9. The van der Waals surface area contributed by atoms with Crippen LogP contribution in [0.5, 0.6) is 0 Å². The summed E-state index contributed by atoms with van der Waals surface area (Å²) in [6, 6.07) is 70.5. The van der Waals surface area contributed by atoms with Gasteiger partial charge in [0.05, 0.1) is 17.1 Å². The van der Waals surface area contributed by atoms with Crippen LogP contribution in [0.2, 0.25) is 0 Å². The quantitative estimate of drug-likeness (QED) is 0.162. The highest BCUT2D eigenvalue weighted by atomic mass is 16.3. The van der Waals surface area contributed by atoms with Crippen LogP contribution < -0.4 is 4.90 Å². The molecule has 0 saturated heterocycles. The fraction of sp³-hybridized carbons (Fsp3) is 0.0545. The zero-order valence-corrected chi connectivity index (χ0v) is 32.8. The zero-order chi connectivity index (χ0) is 39.5. The molecule has 0 N–H and O–H groups in total. The van der Waals surface area contributed by atoms with Crippen molar-refractivity contribution in [1.82, 2.24) is 9.97 Å². The van der Waals surface area contributed by atoms with Gasteiger partial charge in [0.25, 0.3) is 0 Å². The number of rotatable bonds is 7. The molecule has 0 bridgehead atoms. The highest BCUT2D eigenvalue weighted by Gasteiger charge is 2.36. The minimum absolute atomic E-state index is 0.166. The first-order valence-electron chi connectivity index (χ1n) is 20.2. The van der Waals surface area contributed by atoms with Crippen molar-refractivity contribution < 1.29 is 4.42 Å². The highest BCUT2D eigenvalue weighted by molar-refractivity contribution is 6.16. The van der Waals surface area contributed by atoms with Crippen molar-refractivity contribution in [2.45, 2.75) is 19.3 Å². The number of hydrogen-bond acceptors (Lipinski definition) is 4. The molecule has 0 unspecified atom stereocenters. The molecule has 0 fully saturated rings. The molecule has 8 aromatic carbocycles. The molecule has 0 aliphatic heterocycles. The third-order valence-electron chi connectivity index (χ3n) is 11.9. The van der Waals surface area contributed by atoms with Gasteiger partial charge < -0.3 is 9.32 Å². The van der Waals surface area contributed by atoms with E-state index < -0.39 is 0 Å². The largest absolute Gasteiger partial charge is 0.454 e. The van der Waals surface area contributed by atoms with Crippen LogP contribution in [0.1, 0.15) is 25.0 Å². The van der Waals surface area contributed by atoms with Crippen LogP contribution in [0.25, 0.3) is 78.1 Å².